The molecule has 1 fully saturated rings. The molecule has 0 aromatic heterocycles. The molecule has 1 heterocycles. The molecule has 0 aliphatic carbocycles. The SMILES string of the molecule is [2H]CC(=O)N[C@@H]1[C@@H](O)[C@H](O)[C@@H](CO)OC1(O)CC. The predicted octanol–water partition coefficient (Wildman–Crippen LogP) is -2.30. The molecule has 1 saturated heterocycles. The summed E-state index contributed by atoms with van der Waals surface area (Å²) in [6, 6.07) is -1.25. The maximum Gasteiger partial charge on any atom is 0.217 e. The number of rotatable bonds is 3. The summed E-state index contributed by atoms with van der Waals surface area (Å²) in [4.78, 5) is 11.2. The number of carbonyl (C=O) groups excluding carboxylic acids is 1. The van der Waals surface area contributed by atoms with Gasteiger partial charge in [0.2, 0.25) is 5.91 Å². The summed E-state index contributed by atoms with van der Waals surface area (Å²) in [6.07, 6.45) is -4.01. The summed E-state index contributed by atoms with van der Waals surface area (Å²) in [5.74, 6) is -2.60. The van der Waals surface area contributed by atoms with Crippen molar-refractivity contribution in [2.75, 3.05) is 6.61 Å². The van der Waals surface area contributed by atoms with Gasteiger partial charge in [-0.3, -0.25) is 4.79 Å². The van der Waals surface area contributed by atoms with Crippen molar-refractivity contribution in [2.45, 2.75) is 50.4 Å². The van der Waals surface area contributed by atoms with E-state index in [9.17, 15) is 20.1 Å². The first-order valence-electron chi connectivity index (χ1n) is 6.06. The molecule has 0 bridgehead atoms. The summed E-state index contributed by atoms with van der Waals surface area (Å²) < 4.78 is 12.0. The molecule has 0 aromatic carbocycles. The lowest BCUT2D eigenvalue weighted by Gasteiger charge is -2.47. The van der Waals surface area contributed by atoms with Crippen LogP contribution in [-0.4, -0.2) is 63.1 Å². The first-order chi connectivity index (χ1) is 8.39. The van der Waals surface area contributed by atoms with Gasteiger partial charge in [-0.25, -0.2) is 0 Å². The summed E-state index contributed by atoms with van der Waals surface area (Å²) in [5.41, 5.74) is 0. The number of hydrogen-bond acceptors (Lipinski definition) is 6. The molecule has 0 aromatic rings. The molecule has 1 aliphatic heterocycles. The largest absolute Gasteiger partial charge is 0.394 e. The van der Waals surface area contributed by atoms with Gasteiger partial charge in [0.15, 0.2) is 5.79 Å². The van der Waals surface area contributed by atoms with Crippen molar-refractivity contribution in [3.05, 3.63) is 0 Å². The van der Waals surface area contributed by atoms with Crippen molar-refractivity contribution < 1.29 is 31.3 Å². The van der Waals surface area contributed by atoms with Crippen molar-refractivity contribution in [2.24, 2.45) is 0 Å². The quantitative estimate of drug-likeness (QED) is 0.384. The van der Waals surface area contributed by atoms with E-state index in [1.807, 2.05) is 0 Å². The minimum Gasteiger partial charge on any atom is -0.394 e. The molecule has 100 valence electrons. The maximum absolute atomic E-state index is 11.2. The molecule has 7 nitrogen and oxygen atoms in total. The van der Waals surface area contributed by atoms with Gasteiger partial charge in [0.05, 0.1) is 6.61 Å². The van der Waals surface area contributed by atoms with E-state index >= 15 is 0 Å². The lowest BCUT2D eigenvalue weighted by molar-refractivity contribution is -0.319. The van der Waals surface area contributed by atoms with Gasteiger partial charge >= 0.3 is 0 Å². The Morgan fingerprint density at radius 2 is 2.18 bits per heavy atom. The molecular formula is C10H19NO6. The van der Waals surface area contributed by atoms with E-state index in [1.54, 1.807) is 6.92 Å². The lowest BCUT2D eigenvalue weighted by Crippen LogP contribution is -2.69. The normalized spacial score (nSPS) is 43.0. The van der Waals surface area contributed by atoms with Crippen molar-refractivity contribution in [1.29, 1.82) is 0 Å². The fourth-order valence-corrected chi connectivity index (χ4v) is 1.91. The molecule has 0 radical (unpaired) electrons. The van der Waals surface area contributed by atoms with Gasteiger partial charge in [-0.1, -0.05) is 6.92 Å². The van der Waals surface area contributed by atoms with E-state index in [0.717, 1.165) is 0 Å². The van der Waals surface area contributed by atoms with E-state index in [0.29, 0.717) is 0 Å². The van der Waals surface area contributed by atoms with Crippen LogP contribution in [0.5, 0.6) is 0 Å². The number of aliphatic hydroxyl groups is 4. The second-order valence-electron chi connectivity index (χ2n) is 4.06. The average molecular weight is 250 g/mol. The first kappa shape index (κ1) is 12.7. The molecule has 0 spiro atoms. The predicted molar refractivity (Wildman–Crippen MR) is 56.8 cm³/mol. The highest BCUT2D eigenvalue weighted by Gasteiger charge is 2.52. The summed E-state index contributed by atoms with van der Waals surface area (Å²) in [7, 11) is 0. The van der Waals surface area contributed by atoms with Crippen molar-refractivity contribution >= 4 is 5.91 Å². The van der Waals surface area contributed by atoms with Gasteiger partial charge in [-0.05, 0) is 0 Å². The van der Waals surface area contributed by atoms with Crippen LogP contribution in [0.2, 0.25) is 0 Å². The first-order valence-corrected chi connectivity index (χ1v) is 5.35. The molecule has 17 heavy (non-hydrogen) atoms. The van der Waals surface area contributed by atoms with Crippen LogP contribution in [0.4, 0.5) is 0 Å². The fraction of sp³-hybridized carbons (Fsp3) is 0.900. The molecule has 7 heteroatoms. The summed E-state index contributed by atoms with van der Waals surface area (Å²) in [6.45, 7) is 0.431. The van der Waals surface area contributed by atoms with Gasteiger partial charge in [0, 0.05) is 14.7 Å². The monoisotopic (exact) mass is 250 g/mol. The summed E-state index contributed by atoms with van der Waals surface area (Å²) >= 11 is 0. The molecule has 1 aliphatic rings. The Morgan fingerprint density at radius 1 is 1.53 bits per heavy atom. The van der Waals surface area contributed by atoms with Gasteiger partial charge in [0.1, 0.15) is 24.4 Å². The number of carbonyl (C=O) groups is 1. The molecule has 1 rings (SSSR count). The number of aliphatic hydroxyl groups excluding tert-OH is 3. The Morgan fingerprint density at radius 3 is 2.65 bits per heavy atom. The molecule has 0 saturated carbocycles. The van der Waals surface area contributed by atoms with Crippen LogP contribution >= 0.6 is 0 Å². The number of ether oxygens (including phenoxy) is 1. The highest BCUT2D eigenvalue weighted by molar-refractivity contribution is 5.73. The molecule has 1 amide bonds. The van der Waals surface area contributed by atoms with E-state index in [2.05, 4.69) is 5.32 Å². The van der Waals surface area contributed by atoms with Crippen LogP contribution in [0.3, 0.4) is 0 Å². The molecule has 1 unspecified atom stereocenters. The lowest BCUT2D eigenvalue weighted by atomic mass is 9.88. The van der Waals surface area contributed by atoms with Crippen LogP contribution < -0.4 is 5.32 Å². The third kappa shape index (κ3) is 2.75. The zero-order chi connectivity index (χ0) is 13.9. The minimum absolute atomic E-state index is 0.0379. The minimum atomic E-state index is -1.89. The maximum atomic E-state index is 11.2. The Balaban J connectivity index is 2.93. The Labute approximate surface area is 100 Å². The second-order valence-corrected chi connectivity index (χ2v) is 4.06. The van der Waals surface area contributed by atoms with Gasteiger partial charge in [-0.2, -0.15) is 0 Å². The third-order valence-electron chi connectivity index (χ3n) is 2.92. The number of nitrogens with one attached hydrogen (secondary N) is 1. The van der Waals surface area contributed by atoms with Gasteiger partial charge < -0.3 is 30.5 Å². The van der Waals surface area contributed by atoms with Gasteiger partial charge in [-0.15, -0.1) is 0 Å². The summed E-state index contributed by atoms with van der Waals surface area (Å²) in [5, 5.41) is 41.0. The highest BCUT2D eigenvalue weighted by atomic mass is 16.6. The Kier molecular flexibility index (Phi) is 3.95. The van der Waals surface area contributed by atoms with E-state index in [4.69, 9.17) is 11.2 Å². The molecule has 5 N–H and O–H groups in total. The van der Waals surface area contributed by atoms with Gasteiger partial charge in [0.25, 0.3) is 0 Å². The van der Waals surface area contributed by atoms with Crippen molar-refractivity contribution in [3.63, 3.8) is 0 Å². The third-order valence-corrected chi connectivity index (χ3v) is 2.92. The number of amides is 1. The second kappa shape index (κ2) is 5.28. The smallest absolute Gasteiger partial charge is 0.217 e. The zero-order valence-corrected chi connectivity index (χ0v) is 9.54. The van der Waals surface area contributed by atoms with E-state index in [1.165, 1.54) is 0 Å². The molecular weight excluding hydrogens is 230 g/mol. The standard InChI is InChI=1S/C10H19NO6/c1-3-10(16)9(11-5(2)13)8(15)7(14)6(4-12)17-10/h6-9,12,14-16H,3-4H2,1-2H3,(H,11,13)/t6-,7-,8+,9-,10?/m1/s1/i2D. The fourth-order valence-electron chi connectivity index (χ4n) is 1.91. The van der Waals surface area contributed by atoms with Crippen LogP contribution in [0.1, 0.15) is 21.6 Å². The van der Waals surface area contributed by atoms with E-state index in [-0.39, 0.29) is 6.42 Å². The van der Waals surface area contributed by atoms with Crippen LogP contribution in [0.15, 0.2) is 0 Å². The zero-order valence-electron chi connectivity index (χ0n) is 10.5. The Hall–Kier alpha value is -0.730. The van der Waals surface area contributed by atoms with Crippen LogP contribution in [0, 0.1) is 0 Å². The van der Waals surface area contributed by atoms with E-state index < -0.39 is 49.6 Å². The highest BCUT2D eigenvalue weighted by Crippen LogP contribution is 2.30. The average Bonchev–Trinajstić information content (AvgIpc) is 2.38. The van der Waals surface area contributed by atoms with Crippen molar-refractivity contribution in [3.8, 4) is 0 Å². The molecule has 5 atom stereocenters. The van der Waals surface area contributed by atoms with Crippen molar-refractivity contribution in [1.82, 2.24) is 5.32 Å². The topological polar surface area (TPSA) is 119 Å². The Bertz CT molecular complexity index is 304. The van der Waals surface area contributed by atoms with Crippen LogP contribution in [-0.2, 0) is 9.53 Å². The van der Waals surface area contributed by atoms with Crippen LogP contribution in [0.25, 0.3) is 0 Å². The number of hydrogen-bond donors (Lipinski definition) is 5.